The lowest BCUT2D eigenvalue weighted by molar-refractivity contribution is 0.0642. The molecular weight excluding hydrogens is 392 g/mol. The normalized spacial score (nSPS) is 14.9. The summed E-state index contributed by atoms with van der Waals surface area (Å²) in [6.07, 6.45) is 1.85. The van der Waals surface area contributed by atoms with Gasteiger partial charge in [0.2, 0.25) is 0 Å². The Morgan fingerprint density at radius 2 is 1.84 bits per heavy atom. The Balaban J connectivity index is 1.42. The lowest BCUT2D eigenvalue weighted by Gasteiger charge is -2.34. The molecule has 0 aliphatic carbocycles. The van der Waals surface area contributed by atoms with E-state index in [1.165, 1.54) is 5.69 Å². The van der Waals surface area contributed by atoms with Crippen LogP contribution in [-0.4, -0.2) is 38.3 Å². The van der Waals surface area contributed by atoms with Crippen LogP contribution in [0.3, 0.4) is 0 Å². The molecule has 1 fully saturated rings. The van der Waals surface area contributed by atoms with Crippen molar-refractivity contribution >= 4 is 22.6 Å². The van der Waals surface area contributed by atoms with Gasteiger partial charge in [-0.05, 0) is 57.0 Å². The molecule has 0 spiro atoms. The minimum atomic E-state index is -0.165. The van der Waals surface area contributed by atoms with Crippen LogP contribution in [0.1, 0.15) is 42.8 Å². The SMILES string of the molecule is COc1ccc(N2CCC(NC(=O)c3oc4ccccc4c3COC(C)C)CC2)cc1. The van der Waals surface area contributed by atoms with Gasteiger partial charge in [0.25, 0.3) is 5.91 Å². The van der Waals surface area contributed by atoms with Crippen LogP contribution in [0.25, 0.3) is 11.0 Å². The quantitative estimate of drug-likeness (QED) is 0.594. The number of ether oxygens (including phenoxy) is 2. The van der Waals surface area contributed by atoms with Crippen LogP contribution in [-0.2, 0) is 11.3 Å². The van der Waals surface area contributed by atoms with Gasteiger partial charge in [-0.15, -0.1) is 0 Å². The Kier molecular flexibility index (Phi) is 6.47. The molecule has 1 aliphatic rings. The molecule has 0 unspecified atom stereocenters. The van der Waals surface area contributed by atoms with E-state index in [4.69, 9.17) is 13.9 Å². The summed E-state index contributed by atoms with van der Waals surface area (Å²) >= 11 is 0. The van der Waals surface area contributed by atoms with Crippen molar-refractivity contribution in [2.24, 2.45) is 0 Å². The number of hydrogen-bond donors (Lipinski definition) is 1. The highest BCUT2D eigenvalue weighted by Gasteiger charge is 2.26. The van der Waals surface area contributed by atoms with Crippen LogP contribution < -0.4 is 15.0 Å². The van der Waals surface area contributed by atoms with Crippen molar-refractivity contribution < 1.29 is 18.7 Å². The predicted octanol–water partition coefficient (Wildman–Crippen LogP) is 4.77. The highest BCUT2D eigenvalue weighted by atomic mass is 16.5. The summed E-state index contributed by atoms with van der Waals surface area (Å²) in [5.41, 5.74) is 2.71. The van der Waals surface area contributed by atoms with Gasteiger partial charge < -0.3 is 24.1 Å². The lowest BCUT2D eigenvalue weighted by Crippen LogP contribution is -2.44. The third kappa shape index (κ3) is 4.85. The molecule has 1 N–H and O–H groups in total. The molecule has 6 heteroatoms. The molecule has 0 bridgehead atoms. The fourth-order valence-electron chi connectivity index (χ4n) is 4.00. The van der Waals surface area contributed by atoms with E-state index in [9.17, 15) is 4.79 Å². The maximum Gasteiger partial charge on any atom is 0.287 e. The van der Waals surface area contributed by atoms with Gasteiger partial charge in [0.1, 0.15) is 11.3 Å². The molecule has 6 nitrogen and oxygen atoms in total. The van der Waals surface area contributed by atoms with Gasteiger partial charge in [-0.2, -0.15) is 0 Å². The van der Waals surface area contributed by atoms with Crippen LogP contribution >= 0.6 is 0 Å². The summed E-state index contributed by atoms with van der Waals surface area (Å²) in [6, 6.07) is 16.0. The largest absolute Gasteiger partial charge is 0.497 e. The summed E-state index contributed by atoms with van der Waals surface area (Å²) in [6.45, 7) is 6.10. The molecule has 3 aromatic rings. The van der Waals surface area contributed by atoms with E-state index in [1.807, 2.05) is 50.2 Å². The molecule has 164 valence electrons. The number of furan rings is 1. The number of carbonyl (C=O) groups is 1. The fourth-order valence-corrected chi connectivity index (χ4v) is 4.00. The molecule has 1 aliphatic heterocycles. The molecule has 2 aromatic carbocycles. The lowest BCUT2D eigenvalue weighted by atomic mass is 10.0. The van der Waals surface area contributed by atoms with E-state index < -0.39 is 0 Å². The van der Waals surface area contributed by atoms with Gasteiger partial charge >= 0.3 is 0 Å². The summed E-state index contributed by atoms with van der Waals surface area (Å²) in [7, 11) is 1.67. The Bertz CT molecular complexity index is 1020. The number of methoxy groups -OCH3 is 1. The Morgan fingerprint density at radius 3 is 2.52 bits per heavy atom. The van der Waals surface area contributed by atoms with Crippen molar-refractivity contribution in [2.45, 2.75) is 45.4 Å². The highest BCUT2D eigenvalue weighted by molar-refractivity contribution is 5.99. The van der Waals surface area contributed by atoms with E-state index in [-0.39, 0.29) is 18.1 Å². The van der Waals surface area contributed by atoms with Gasteiger partial charge in [-0.1, -0.05) is 18.2 Å². The first kappa shape index (κ1) is 21.2. The van der Waals surface area contributed by atoms with E-state index in [0.29, 0.717) is 18.0 Å². The average Bonchev–Trinajstić information content (AvgIpc) is 3.17. The number of rotatable bonds is 7. The van der Waals surface area contributed by atoms with Crippen LogP contribution in [0.15, 0.2) is 52.9 Å². The zero-order valence-corrected chi connectivity index (χ0v) is 18.4. The van der Waals surface area contributed by atoms with Crippen molar-refractivity contribution in [3.05, 3.63) is 59.9 Å². The fraction of sp³-hybridized carbons (Fsp3) is 0.400. The molecule has 1 amide bonds. The van der Waals surface area contributed by atoms with Crippen molar-refractivity contribution in [2.75, 3.05) is 25.1 Å². The van der Waals surface area contributed by atoms with E-state index in [1.54, 1.807) is 7.11 Å². The predicted molar refractivity (Wildman–Crippen MR) is 122 cm³/mol. The maximum atomic E-state index is 13.1. The first-order valence-corrected chi connectivity index (χ1v) is 10.9. The number of benzene rings is 2. The molecule has 2 heterocycles. The van der Waals surface area contributed by atoms with E-state index >= 15 is 0 Å². The second kappa shape index (κ2) is 9.43. The number of anilines is 1. The van der Waals surface area contributed by atoms with Crippen LogP contribution in [0.2, 0.25) is 0 Å². The first-order valence-electron chi connectivity index (χ1n) is 10.9. The second-order valence-electron chi connectivity index (χ2n) is 8.20. The van der Waals surface area contributed by atoms with Crippen LogP contribution in [0, 0.1) is 0 Å². The van der Waals surface area contributed by atoms with Crippen molar-refractivity contribution in [3.63, 3.8) is 0 Å². The summed E-state index contributed by atoms with van der Waals surface area (Å²) < 4.78 is 17.0. The molecule has 4 rings (SSSR count). The zero-order chi connectivity index (χ0) is 21.8. The Labute approximate surface area is 183 Å². The summed E-state index contributed by atoms with van der Waals surface area (Å²) in [5.74, 6) is 1.05. The Morgan fingerprint density at radius 1 is 1.13 bits per heavy atom. The molecule has 31 heavy (non-hydrogen) atoms. The molecule has 1 saturated heterocycles. The first-order chi connectivity index (χ1) is 15.0. The topological polar surface area (TPSA) is 63.9 Å². The maximum absolute atomic E-state index is 13.1. The molecule has 0 atom stereocenters. The van der Waals surface area contributed by atoms with Crippen molar-refractivity contribution in [3.8, 4) is 5.75 Å². The van der Waals surface area contributed by atoms with Crippen LogP contribution in [0.5, 0.6) is 5.75 Å². The van der Waals surface area contributed by atoms with E-state index in [2.05, 4.69) is 22.3 Å². The van der Waals surface area contributed by atoms with Crippen molar-refractivity contribution in [1.82, 2.24) is 5.32 Å². The minimum absolute atomic E-state index is 0.0758. The molecular formula is C25H30N2O4. The summed E-state index contributed by atoms with van der Waals surface area (Å²) in [5, 5.41) is 4.11. The van der Waals surface area contributed by atoms with Gasteiger partial charge in [0.05, 0.1) is 19.8 Å². The van der Waals surface area contributed by atoms with Gasteiger partial charge in [0, 0.05) is 35.8 Å². The Hall–Kier alpha value is -2.99. The standard InChI is InChI=1S/C25H30N2O4/c1-17(2)30-16-22-21-6-4-5-7-23(21)31-24(22)25(28)26-18-12-14-27(15-13-18)19-8-10-20(29-3)11-9-19/h4-11,17-18H,12-16H2,1-3H3,(H,26,28). The second-order valence-corrected chi connectivity index (χ2v) is 8.20. The van der Waals surface area contributed by atoms with E-state index in [0.717, 1.165) is 42.6 Å². The third-order valence-corrected chi connectivity index (χ3v) is 5.73. The number of amides is 1. The number of carbonyl (C=O) groups excluding carboxylic acids is 1. The number of para-hydroxylation sites is 1. The zero-order valence-electron chi connectivity index (χ0n) is 18.4. The van der Waals surface area contributed by atoms with Crippen molar-refractivity contribution in [1.29, 1.82) is 0 Å². The van der Waals surface area contributed by atoms with Crippen LogP contribution in [0.4, 0.5) is 5.69 Å². The number of nitrogens with zero attached hydrogens (tertiary/aromatic N) is 1. The van der Waals surface area contributed by atoms with Gasteiger partial charge in [-0.25, -0.2) is 0 Å². The number of nitrogens with one attached hydrogen (secondary N) is 1. The highest BCUT2D eigenvalue weighted by Crippen LogP contribution is 2.28. The molecule has 1 aromatic heterocycles. The molecule has 0 radical (unpaired) electrons. The smallest absolute Gasteiger partial charge is 0.287 e. The summed E-state index contributed by atoms with van der Waals surface area (Å²) in [4.78, 5) is 15.4. The third-order valence-electron chi connectivity index (χ3n) is 5.73. The number of piperidine rings is 1. The average molecular weight is 423 g/mol. The number of fused-ring (bicyclic) bond motifs is 1. The minimum Gasteiger partial charge on any atom is -0.497 e. The monoisotopic (exact) mass is 422 g/mol. The van der Waals surface area contributed by atoms with Gasteiger partial charge in [-0.3, -0.25) is 4.79 Å². The van der Waals surface area contributed by atoms with Gasteiger partial charge in [0.15, 0.2) is 5.76 Å². The number of hydrogen-bond acceptors (Lipinski definition) is 5. The molecule has 0 saturated carbocycles.